The fraction of sp³-hybridized carbons (Fsp3) is 0. The number of hydrogen-bond donors (Lipinski definition) is 2. The average molecular weight is 575 g/mol. The Morgan fingerprint density at radius 3 is 1.54 bits per heavy atom. The molecule has 1 aromatic heterocycles. The van der Waals surface area contributed by atoms with Gasteiger partial charge in [0.15, 0.2) is 0 Å². The van der Waals surface area contributed by atoms with Crippen LogP contribution in [0.5, 0.6) is 0 Å². The van der Waals surface area contributed by atoms with E-state index < -0.39 is 25.7 Å². The van der Waals surface area contributed by atoms with Crippen molar-refractivity contribution in [2.24, 2.45) is 0 Å². The van der Waals surface area contributed by atoms with Crippen LogP contribution in [0.3, 0.4) is 0 Å². The van der Waals surface area contributed by atoms with Crippen LogP contribution in [0.4, 0.5) is 11.4 Å². The van der Waals surface area contributed by atoms with Crippen molar-refractivity contribution in [3.05, 3.63) is 105 Å². The number of benzene rings is 4. The van der Waals surface area contributed by atoms with Crippen LogP contribution >= 0.6 is 23.2 Å². The van der Waals surface area contributed by atoms with Crippen LogP contribution in [0.1, 0.15) is 0 Å². The summed E-state index contributed by atoms with van der Waals surface area (Å²) in [5.74, 6) is 0. The Bertz CT molecular complexity index is 1940. The number of halogens is 2. The van der Waals surface area contributed by atoms with Crippen molar-refractivity contribution >= 4 is 76.4 Å². The molecule has 0 saturated heterocycles. The van der Waals surface area contributed by atoms with Crippen molar-refractivity contribution in [1.29, 1.82) is 0 Å². The van der Waals surface area contributed by atoms with E-state index in [2.05, 4.69) is 9.44 Å². The van der Waals surface area contributed by atoms with Crippen molar-refractivity contribution in [3.8, 4) is 0 Å². The van der Waals surface area contributed by atoms with E-state index in [1.54, 1.807) is 24.3 Å². The molecule has 2 N–H and O–H groups in total. The Morgan fingerprint density at radius 1 is 0.568 bits per heavy atom. The lowest BCUT2D eigenvalue weighted by Gasteiger charge is -2.11. The minimum Gasteiger partial charge on any atom is -0.422 e. The summed E-state index contributed by atoms with van der Waals surface area (Å²) in [6, 6.07) is 20.4. The lowest BCUT2D eigenvalue weighted by Crippen LogP contribution is -2.14. The van der Waals surface area contributed by atoms with Crippen molar-refractivity contribution in [1.82, 2.24) is 0 Å². The molecule has 5 aromatic rings. The third-order valence-electron chi connectivity index (χ3n) is 5.47. The normalized spacial score (nSPS) is 12.1. The van der Waals surface area contributed by atoms with Crippen LogP contribution in [-0.2, 0) is 20.0 Å². The molecule has 37 heavy (non-hydrogen) atoms. The van der Waals surface area contributed by atoms with Crippen LogP contribution < -0.4 is 15.1 Å². The second kappa shape index (κ2) is 9.38. The Hall–Kier alpha value is -3.57. The van der Waals surface area contributed by atoms with Gasteiger partial charge in [-0.3, -0.25) is 9.44 Å². The van der Waals surface area contributed by atoms with E-state index in [-0.39, 0.29) is 20.8 Å². The van der Waals surface area contributed by atoms with Crippen molar-refractivity contribution in [3.63, 3.8) is 0 Å². The summed E-state index contributed by atoms with van der Waals surface area (Å²) in [4.78, 5) is 12.5. The van der Waals surface area contributed by atoms with Gasteiger partial charge in [-0.15, -0.1) is 0 Å². The quantitative estimate of drug-likeness (QED) is 0.193. The van der Waals surface area contributed by atoms with E-state index in [1.165, 1.54) is 60.7 Å². The molecule has 1 heterocycles. The standard InChI is InChI=1S/C25H16Cl2N2O6S2/c26-15-1-5-17(6-2-15)28-36(31,32)19-9-11-21-22-12-10-20(14-24(22)35-25(30)23(21)13-19)37(33,34)29-18-7-3-16(27)4-8-18/h1-14,28-29H. The van der Waals surface area contributed by atoms with Gasteiger partial charge in [-0.1, -0.05) is 29.3 Å². The first-order valence-corrected chi connectivity index (χ1v) is 14.3. The predicted molar refractivity (Wildman–Crippen MR) is 145 cm³/mol. The van der Waals surface area contributed by atoms with Crippen LogP contribution in [0.2, 0.25) is 10.0 Å². The summed E-state index contributed by atoms with van der Waals surface area (Å²) < 4.78 is 61.7. The molecule has 0 fully saturated rings. The summed E-state index contributed by atoms with van der Waals surface area (Å²) in [6.45, 7) is 0. The van der Waals surface area contributed by atoms with Crippen LogP contribution in [0, 0.1) is 0 Å². The van der Waals surface area contributed by atoms with Gasteiger partial charge in [-0.05, 0) is 72.8 Å². The number of fused-ring (bicyclic) bond motifs is 3. The molecule has 0 radical (unpaired) electrons. The van der Waals surface area contributed by atoms with Gasteiger partial charge < -0.3 is 4.42 Å². The van der Waals surface area contributed by atoms with Gasteiger partial charge in [0.25, 0.3) is 20.0 Å². The van der Waals surface area contributed by atoms with Gasteiger partial charge in [0.1, 0.15) is 5.58 Å². The molecule has 8 nitrogen and oxygen atoms in total. The van der Waals surface area contributed by atoms with Crippen molar-refractivity contribution in [2.75, 3.05) is 9.44 Å². The number of hydrogen-bond acceptors (Lipinski definition) is 6. The zero-order chi connectivity index (χ0) is 26.4. The molecule has 0 saturated carbocycles. The van der Waals surface area contributed by atoms with Gasteiger partial charge in [0, 0.05) is 38.3 Å². The van der Waals surface area contributed by atoms with Gasteiger partial charge in [0.2, 0.25) is 0 Å². The van der Waals surface area contributed by atoms with E-state index in [9.17, 15) is 21.6 Å². The lowest BCUT2D eigenvalue weighted by atomic mass is 10.1. The van der Waals surface area contributed by atoms with E-state index in [0.29, 0.717) is 32.2 Å². The van der Waals surface area contributed by atoms with Crippen molar-refractivity contribution in [2.45, 2.75) is 9.79 Å². The molecule has 0 atom stereocenters. The highest BCUT2D eigenvalue weighted by Gasteiger charge is 2.20. The smallest absolute Gasteiger partial charge is 0.344 e. The monoisotopic (exact) mass is 574 g/mol. The second-order valence-corrected chi connectivity index (χ2v) is 12.2. The van der Waals surface area contributed by atoms with Gasteiger partial charge in [-0.25, -0.2) is 21.6 Å². The predicted octanol–water partition coefficient (Wildman–Crippen LogP) is 5.85. The molecule has 5 rings (SSSR count). The van der Waals surface area contributed by atoms with Gasteiger partial charge >= 0.3 is 5.63 Å². The van der Waals surface area contributed by atoms with E-state index in [4.69, 9.17) is 27.6 Å². The third kappa shape index (κ3) is 5.14. The summed E-state index contributed by atoms with van der Waals surface area (Å²) in [6.07, 6.45) is 0. The minimum atomic E-state index is -4.02. The van der Waals surface area contributed by atoms with Crippen LogP contribution in [0.25, 0.3) is 21.7 Å². The lowest BCUT2D eigenvalue weighted by molar-refractivity contribution is 0.567. The maximum atomic E-state index is 12.9. The molecule has 0 aliphatic heterocycles. The Labute approximate surface area is 221 Å². The zero-order valence-corrected chi connectivity index (χ0v) is 21.7. The summed E-state index contributed by atoms with van der Waals surface area (Å²) in [5.41, 5.74) is -0.168. The van der Waals surface area contributed by atoms with Crippen molar-refractivity contribution < 1.29 is 21.3 Å². The molecular formula is C25H16Cl2N2O6S2. The molecule has 0 aliphatic rings. The Balaban J connectivity index is 1.52. The fourth-order valence-corrected chi connectivity index (χ4v) is 6.10. The van der Waals surface area contributed by atoms with E-state index >= 15 is 0 Å². The molecule has 12 heteroatoms. The highest BCUT2D eigenvalue weighted by molar-refractivity contribution is 7.93. The second-order valence-electron chi connectivity index (χ2n) is 7.98. The Kier molecular flexibility index (Phi) is 6.36. The summed E-state index contributed by atoms with van der Waals surface area (Å²) >= 11 is 11.7. The maximum Gasteiger partial charge on any atom is 0.344 e. The van der Waals surface area contributed by atoms with Gasteiger partial charge in [0.05, 0.1) is 15.2 Å². The highest BCUT2D eigenvalue weighted by Crippen LogP contribution is 2.28. The molecule has 0 spiro atoms. The largest absolute Gasteiger partial charge is 0.422 e. The zero-order valence-electron chi connectivity index (χ0n) is 18.6. The number of anilines is 2. The topological polar surface area (TPSA) is 123 Å². The first-order chi connectivity index (χ1) is 17.5. The number of rotatable bonds is 6. The molecule has 0 bridgehead atoms. The Morgan fingerprint density at radius 2 is 1.03 bits per heavy atom. The summed E-state index contributed by atoms with van der Waals surface area (Å²) in [7, 11) is -8.01. The van der Waals surface area contributed by atoms with Crippen LogP contribution in [-0.4, -0.2) is 16.8 Å². The van der Waals surface area contributed by atoms with Crippen LogP contribution in [0.15, 0.2) is 104 Å². The first-order valence-electron chi connectivity index (χ1n) is 10.6. The molecule has 0 unspecified atom stereocenters. The molecule has 0 aliphatic carbocycles. The molecular weight excluding hydrogens is 559 g/mol. The fourth-order valence-electron chi connectivity index (χ4n) is 3.69. The van der Waals surface area contributed by atoms with Gasteiger partial charge in [-0.2, -0.15) is 0 Å². The number of nitrogens with one attached hydrogen (secondary N) is 2. The molecule has 188 valence electrons. The SMILES string of the molecule is O=c1oc2cc(S(=O)(=O)Nc3ccc(Cl)cc3)ccc2c2ccc(S(=O)(=O)Nc3ccc(Cl)cc3)cc12. The number of sulfonamides is 2. The van der Waals surface area contributed by atoms with E-state index in [0.717, 1.165) is 0 Å². The maximum absolute atomic E-state index is 12.9. The minimum absolute atomic E-state index is 0.0291. The molecule has 0 amide bonds. The highest BCUT2D eigenvalue weighted by atomic mass is 35.5. The third-order valence-corrected chi connectivity index (χ3v) is 8.73. The molecule has 4 aromatic carbocycles. The summed E-state index contributed by atoms with van der Waals surface area (Å²) in [5, 5.41) is 1.79. The first kappa shape index (κ1) is 25.1. The average Bonchev–Trinajstić information content (AvgIpc) is 2.86. The van der Waals surface area contributed by atoms with E-state index in [1.807, 2.05) is 0 Å².